The van der Waals surface area contributed by atoms with Gasteiger partial charge in [-0.1, -0.05) is 12.1 Å². The van der Waals surface area contributed by atoms with E-state index in [0.29, 0.717) is 0 Å². The van der Waals surface area contributed by atoms with Crippen molar-refractivity contribution in [1.82, 2.24) is 0 Å². The van der Waals surface area contributed by atoms with E-state index >= 15 is 0 Å². The van der Waals surface area contributed by atoms with Crippen molar-refractivity contribution in [3.05, 3.63) is 23.8 Å². The first-order valence-electron chi connectivity index (χ1n) is 5.14. The van der Waals surface area contributed by atoms with E-state index in [9.17, 15) is 23.1 Å². The van der Waals surface area contributed by atoms with Crippen LogP contribution in [0.15, 0.2) is 18.2 Å². The molecule has 0 heterocycles. The molecule has 1 rings (SSSR count). The van der Waals surface area contributed by atoms with Crippen LogP contribution in [0.4, 0.5) is 13.2 Å². The fraction of sp³-hybridized carbons (Fsp3) is 0.364. The molecule has 8 heteroatoms. The highest BCUT2D eigenvalue weighted by Crippen LogP contribution is 2.34. The Hall–Kier alpha value is -1.96. The zero-order valence-electron chi connectivity index (χ0n) is 9.90. The number of rotatable bonds is 4. The number of carbonyl (C=O) groups is 1. The molecule has 0 bridgehead atoms. The van der Waals surface area contributed by atoms with Gasteiger partial charge in [-0.3, -0.25) is 4.79 Å². The Bertz CT molecular complexity index is 462. The molecule has 1 aromatic rings. The van der Waals surface area contributed by atoms with E-state index in [2.05, 4.69) is 9.47 Å². The van der Waals surface area contributed by atoms with E-state index in [0.717, 1.165) is 13.2 Å². The van der Waals surface area contributed by atoms with Crippen LogP contribution in [0, 0.1) is 0 Å². The zero-order chi connectivity index (χ0) is 14.6. The number of ether oxygens (including phenoxy) is 2. The molecular weight excluding hydrogens is 267 g/mol. The molecule has 1 atom stereocenters. The maximum Gasteiger partial charge on any atom is 0.573 e. The Balaban J connectivity index is 2.92. The number of phenolic OH excluding ortho intramolecular Hbond substituents is 1. The third-order valence-electron chi connectivity index (χ3n) is 2.25. The van der Waals surface area contributed by atoms with Crippen molar-refractivity contribution in [2.45, 2.75) is 18.8 Å². The summed E-state index contributed by atoms with van der Waals surface area (Å²) < 4.78 is 44.2. The van der Waals surface area contributed by atoms with Crippen molar-refractivity contribution in [3.8, 4) is 11.5 Å². The van der Waals surface area contributed by atoms with E-state index in [4.69, 9.17) is 5.73 Å². The number of para-hydroxylation sites is 1. The van der Waals surface area contributed by atoms with Crippen molar-refractivity contribution in [2.75, 3.05) is 7.11 Å². The number of aromatic hydroxyl groups is 1. The third kappa shape index (κ3) is 4.32. The highest BCUT2D eigenvalue weighted by Gasteiger charge is 2.32. The molecular formula is C11H12F3NO4. The summed E-state index contributed by atoms with van der Waals surface area (Å²) in [6, 6.07) is 2.45. The average Bonchev–Trinajstić information content (AvgIpc) is 2.31. The molecule has 1 aromatic carbocycles. The second-order valence-corrected chi connectivity index (χ2v) is 3.65. The van der Waals surface area contributed by atoms with Gasteiger partial charge in [0.2, 0.25) is 0 Å². The summed E-state index contributed by atoms with van der Waals surface area (Å²) in [6.45, 7) is 0. The largest absolute Gasteiger partial charge is 0.573 e. The molecule has 0 radical (unpaired) electrons. The second kappa shape index (κ2) is 5.79. The summed E-state index contributed by atoms with van der Waals surface area (Å²) in [5.41, 5.74) is 5.51. The fourth-order valence-corrected chi connectivity index (χ4v) is 1.41. The number of esters is 1. The summed E-state index contributed by atoms with van der Waals surface area (Å²) in [5, 5.41) is 9.62. The number of hydrogen-bond donors (Lipinski definition) is 2. The lowest BCUT2D eigenvalue weighted by Gasteiger charge is -2.14. The maximum absolute atomic E-state index is 12.1. The molecule has 0 fully saturated rings. The van der Waals surface area contributed by atoms with Gasteiger partial charge in [0.05, 0.1) is 7.11 Å². The SMILES string of the molecule is COC(=O)C(N)Cc1cccc(OC(F)(F)F)c1O. The van der Waals surface area contributed by atoms with Crippen LogP contribution in [0.25, 0.3) is 0 Å². The van der Waals surface area contributed by atoms with E-state index in [1.54, 1.807) is 0 Å². The van der Waals surface area contributed by atoms with Crippen LogP contribution in [0.2, 0.25) is 0 Å². The molecule has 0 saturated carbocycles. The Labute approximate surface area is 106 Å². The standard InChI is InChI=1S/C11H12F3NO4/c1-18-10(17)7(15)5-6-3-2-4-8(9(6)16)19-11(12,13)14/h2-4,7,16H,5,15H2,1H3. The lowest BCUT2D eigenvalue weighted by Crippen LogP contribution is -2.33. The molecule has 0 aliphatic rings. The maximum atomic E-state index is 12.1. The van der Waals surface area contributed by atoms with Crippen LogP contribution in [0.1, 0.15) is 5.56 Å². The minimum absolute atomic E-state index is 0.0552. The molecule has 5 nitrogen and oxygen atoms in total. The predicted octanol–water partition coefficient (Wildman–Crippen LogP) is 1.33. The van der Waals surface area contributed by atoms with Crippen molar-refractivity contribution < 1.29 is 32.5 Å². The quantitative estimate of drug-likeness (QED) is 0.813. The molecule has 0 spiro atoms. The van der Waals surface area contributed by atoms with Crippen molar-refractivity contribution in [1.29, 1.82) is 0 Å². The summed E-state index contributed by atoms with van der Waals surface area (Å²) in [7, 11) is 1.13. The third-order valence-corrected chi connectivity index (χ3v) is 2.25. The highest BCUT2D eigenvalue weighted by molar-refractivity contribution is 5.76. The van der Waals surface area contributed by atoms with Gasteiger partial charge >= 0.3 is 12.3 Å². The van der Waals surface area contributed by atoms with E-state index in [1.165, 1.54) is 12.1 Å². The lowest BCUT2D eigenvalue weighted by atomic mass is 10.1. The Morgan fingerprint density at radius 2 is 2.11 bits per heavy atom. The van der Waals surface area contributed by atoms with Gasteiger partial charge in [-0.15, -0.1) is 13.2 Å². The first kappa shape index (κ1) is 15.1. The number of carbonyl (C=O) groups excluding carboxylic acids is 1. The minimum atomic E-state index is -4.92. The van der Waals surface area contributed by atoms with Crippen LogP contribution in [-0.2, 0) is 16.0 Å². The molecule has 0 saturated heterocycles. The summed E-state index contributed by atoms with van der Waals surface area (Å²) >= 11 is 0. The monoisotopic (exact) mass is 279 g/mol. The molecule has 0 aliphatic carbocycles. The van der Waals surface area contributed by atoms with Gasteiger partial charge in [-0.05, 0) is 11.6 Å². The van der Waals surface area contributed by atoms with Crippen LogP contribution >= 0.6 is 0 Å². The van der Waals surface area contributed by atoms with Gasteiger partial charge in [0.25, 0.3) is 0 Å². The van der Waals surface area contributed by atoms with Gasteiger partial charge < -0.3 is 20.3 Å². The second-order valence-electron chi connectivity index (χ2n) is 3.65. The Morgan fingerprint density at radius 1 is 1.47 bits per heavy atom. The molecule has 19 heavy (non-hydrogen) atoms. The van der Waals surface area contributed by atoms with E-state index < -0.39 is 29.9 Å². The summed E-state index contributed by atoms with van der Waals surface area (Å²) in [4.78, 5) is 11.1. The van der Waals surface area contributed by atoms with E-state index in [-0.39, 0.29) is 12.0 Å². The van der Waals surface area contributed by atoms with Crippen molar-refractivity contribution in [3.63, 3.8) is 0 Å². The van der Waals surface area contributed by atoms with Crippen molar-refractivity contribution >= 4 is 5.97 Å². The number of methoxy groups -OCH3 is 1. The van der Waals surface area contributed by atoms with Crippen LogP contribution in [0.5, 0.6) is 11.5 Å². The number of nitrogens with two attached hydrogens (primary N) is 1. The first-order chi connectivity index (χ1) is 8.74. The predicted molar refractivity (Wildman–Crippen MR) is 58.5 cm³/mol. The Kier molecular flexibility index (Phi) is 4.60. The number of halogens is 3. The fourth-order valence-electron chi connectivity index (χ4n) is 1.41. The first-order valence-corrected chi connectivity index (χ1v) is 5.14. The molecule has 1 unspecified atom stereocenters. The molecule has 106 valence electrons. The molecule has 0 aromatic heterocycles. The van der Waals surface area contributed by atoms with Crippen LogP contribution in [-0.4, -0.2) is 30.6 Å². The highest BCUT2D eigenvalue weighted by atomic mass is 19.4. The number of alkyl halides is 3. The lowest BCUT2D eigenvalue weighted by molar-refractivity contribution is -0.275. The number of phenols is 1. The van der Waals surface area contributed by atoms with Gasteiger partial charge in [0, 0.05) is 6.42 Å². The van der Waals surface area contributed by atoms with Gasteiger partial charge in [-0.25, -0.2) is 0 Å². The van der Waals surface area contributed by atoms with Crippen molar-refractivity contribution in [2.24, 2.45) is 5.73 Å². The molecule has 0 aliphatic heterocycles. The summed E-state index contributed by atoms with van der Waals surface area (Å²) in [5.74, 6) is -2.19. The molecule has 0 amide bonds. The smallest absolute Gasteiger partial charge is 0.504 e. The molecule has 3 N–H and O–H groups in total. The average molecular weight is 279 g/mol. The van der Waals surface area contributed by atoms with Crippen LogP contribution in [0.3, 0.4) is 0 Å². The van der Waals surface area contributed by atoms with Gasteiger partial charge in [0.15, 0.2) is 11.5 Å². The minimum Gasteiger partial charge on any atom is -0.504 e. The van der Waals surface area contributed by atoms with Gasteiger partial charge in [0.1, 0.15) is 6.04 Å². The van der Waals surface area contributed by atoms with Gasteiger partial charge in [-0.2, -0.15) is 0 Å². The summed E-state index contributed by atoms with van der Waals surface area (Å²) in [6.07, 6.45) is -5.09. The Morgan fingerprint density at radius 3 is 2.63 bits per heavy atom. The topological polar surface area (TPSA) is 81.8 Å². The van der Waals surface area contributed by atoms with E-state index in [1.807, 2.05) is 0 Å². The zero-order valence-corrected chi connectivity index (χ0v) is 9.90. The van der Waals surface area contributed by atoms with Crippen LogP contribution < -0.4 is 10.5 Å². The number of benzene rings is 1. The number of hydrogen-bond acceptors (Lipinski definition) is 5. The normalized spacial score (nSPS) is 12.9.